The first-order chi connectivity index (χ1) is 9.08. The Kier molecular flexibility index (Phi) is 4.34. The van der Waals surface area contributed by atoms with Crippen molar-refractivity contribution in [1.29, 1.82) is 0 Å². The van der Waals surface area contributed by atoms with Crippen LogP contribution in [0.2, 0.25) is 0 Å². The molecule has 0 saturated carbocycles. The minimum absolute atomic E-state index is 0.0869. The monoisotopic (exact) mass is 267 g/mol. The zero-order valence-corrected chi connectivity index (χ0v) is 10.8. The van der Waals surface area contributed by atoms with Crippen molar-refractivity contribution >= 4 is 5.84 Å². The highest BCUT2D eigenvalue weighted by atomic mass is 19.1. The van der Waals surface area contributed by atoms with Gasteiger partial charge in [-0.05, 0) is 30.7 Å². The zero-order valence-electron chi connectivity index (χ0n) is 10.8. The Hall–Kier alpha value is -1.66. The number of benzene rings is 1. The predicted molar refractivity (Wildman–Crippen MR) is 69.6 cm³/mol. The van der Waals surface area contributed by atoms with Crippen LogP contribution in [0.4, 0.5) is 4.39 Å². The minimum atomic E-state index is -0.389. The standard InChI is InChI=1S/C13H18FN3O2/c1-9-7-17(2-3-19-9)8-10-4-11(13(15)16-18)6-12(14)5-10/h4-6,9,18H,2-3,7-8H2,1H3,(H2,15,16). The summed E-state index contributed by atoms with van der Waals surface area (Å²) in [7, 11) is 0. The molecular formula is C13H18FN3O2. The second-order valence-corrected chi connectivity index (χ2v) is 4.75. The summed E-state index contributed by atoms with van der Waals surface area (Å²) in [4.78, 5) is 2.19. The number of ether oxygens (including phenoxy) is 1. The van der Waals surface area contributed by atoms with Crippen LogP contribution in [-0.2, 0) is 11.3 Å². The van der Waals surface area contributed by atoms with Gasteiger partial charge in [-0.2, -0.15) is 0 Å². The van der Waals surface area contributed by atoms with Crippen LogP contribution < -0.4 is 5.73 Å². The molecule has 19 heavy (non-hydrogen) atoms. The van der Waals surface area contributed by atoms with Crippen LogP contribution >= 0.6 is 0 Å². The molecular weight excluding hydrogens is 249 g/mol. The van der Waals surface area contributed by atoms with Gasteiger partial charge >= 0.3 is 0 Å². The lowest BCUT2D eigenvalue weighted by Gasteiger charge is -2.31. The van der Waals surface area contributed by atoms with E-state index >= 15 is 0 Å². The van der Waals surface area contributed by atoms with Crippen LogP contribution in [0.15, 0.2) is 23.4 Å². The average molecular weight is 267 g/mol. The number of amidine groups is 1. The van der Waals surface area contributed by atoms with Crippen molar-refractivity contribution in [1.82, 2.24) is 4.90 Å². The molecule has 0 radical (unpaired) electrons. The largest absolute Gasteiger partial charge is 0.409 e. The van der Waals surface area contributed by atoms with Crippen molar-refractivity contribution < 1.29 is 14.3 Å². The highest BCUT2D eigenvalue weighted by molar-refractivity contribution is 5.97. The second kappa shape index (κ2) is 5.99. The molecule has 3 N–H and O–H groups in total. The fourth-order valence-corrected chi connectivity index (χ4v) is 2.24. The van der Waals surface area contributed by atoms with E-state index in [1.54, 1.807) is 6.07 Å². The highest BCUT2D eigenvalue weighted by Crippen LogP contribution is 2.14. The number of hydrogen-bond donors (Lipinski definition) is 2. The van der Waals surface area contributed by atoms with Crippen molar-refractivity contribution in [3.05, 3.63) is 35.1 Å². The van der Waals surface area contributed by atoms with Gasteiger partial charge in [0.1, 0.15) is 5.82 Å². The van der Waals surface area contributed by atoms with Crippen LogP contribution in [0.1, 0.15) is 18.1 Å². The summed E-state index contributed by atoms with van der Waals surface area (Å²) in [6.45, 7) is 4.95. The van der Waals surface area contributed by atoms with E-state index in [-0.39, 0.29) is 17.8 Å². The maximum Gasteiger partial charge on any atom is 0.170 e. The number of nitrogens with zero attached hydrogens (tertiary/aromatic N) is 2. The maximum atomic E-state index is 13.5. The van der Waals surface area contributed by atoms with E-state index in [0.717, 1.165) is 18.7 Å². The Labute approximate surface area is 111 Å². The summed E-state index contributed by atoms with van der Waals surface area (Å²) in [5, 5.41) is 11.5. The Balaban J connectivity index is 2.13. The molecule has 1 aliphatic rings. The Bertz CT molecular complexity index is 479. The van der Waals surface area contributed by atoms with Gasteiger partial charge in [0.2, 0.25) is 0 Å². The first kappa shape index (κ1) is 13.8. The van der Waals surface area contributed by atoms with E-state index in [9.17, 15) is 4.39 Å². The highest BCUT2D eigenvalue weighted by Gasteiger charge is 2.17. The van der Waals surface area contributed by atoms with Crippen LogP contribution in [0.5, 0.6) is 0 Å². The van der Waals surface area contributed by atoms with Gasteiger partial charge in [-0.25, -0.2) is 4.39 Å². The van der Waals surface area contributed by atoms with Gasteiger partial charge in [0.25, 0.3) is 0 Å². The summed E-state index contributed by atoms with van der Waals surface area (Å²) >= 11 is 0. The van der Waals surface area contributed by atoms with Crippen molar-refractivity contribution in [3.63, 3.8) is 0 Å². The average Bonchev–Trinajstić information content (AvgIpc) is 2.37. The molecule has 1 fully saturated rings. The molecule has 1 saturated heterocycles. The van der Waals surface area contributed by atoms with E-state index in [0.29, 0.717) is 18.7 Å². The molecule has 1 unspecified atom stereocenters. The summed E-state index contributed by atoms with van der Waals surface area (Å²) in [5.74, 6) is -0.475. The Morgan fingerprint density at radius 2 is 2.37 bits per heavy atom. The lowest BCUT2D eigenvalue weighted by molar-refractivity contribution is -0.0212. The van der Waals surface area contributed by atoms with Gasteiger partial charge < -0.3 is 15.7 Å². The summed E-state index contributed by atoms with van der Waals surface area (Å²) in [6.07, 6.45) is 0.186. The van der Waals surface area contributed by atoms with Crippen molar-refractivity contribution in [2.24, 2.45) is 10.9 Å². The molecule has 104 valence electrons. The first-order valence-corrected chi connectivity index (χ1v) is 6.20. The summed E-state index contributed by atoms with van der Waals surface area (Å²) in [6, 6.07) is 4.45. The van der Waals surface area contributed by atoms with E-state index in [1.165, 1.54) is 12.1 Å². The third kappa shape index (κ3) is 3.65. The molecule has 0 spiro atoms. The van der Waals surface area contributed by atoms with Crippen LogP contribution in [0, 0.1) is 5.82 Å². The predicted octanol–water partition coefficient (Wildman–Crippen LogP) is 1.14. The molecule has 1 atom stereocenters. The van der Waals surface area contributed by atoms with E-state index < -0.39 is 0 Å². The molecule has 2 rings (SSSR count). The molecule has 6 heteroatoms. The van der Waals surface area contributed by atoms with Crippen LogP contribution in [0.3, 0.4) is 0 Å². The molecule has 1 aromatic rings. The number of morpholine rings is 1. The molecule has 0 aliphatic carbocycles. The quantitative estimate of drug-likeness (QED) is 0.373. The van der Waals surface area contributed by atoms with E-state index in [1.807, 2.05) is 6.92 Å². The van der Waals surface area contributed by atoms with E-state index in [2.05, 4.69) is 10.1 Å². The summed E-state index contributed by atoms with van der Waals surface area (Å²) in [5.41, 5.74) is 6.68. The molecule has 0 amide bonds. The lowest BCUT2D eigenvalue weighted by atomic mass is 10.1. The number of rotatable bonds is 3. The number of halogens is 1. The van der Waals surface area contributed by atoms with Crippen molar-refractivity contribution in [2.75, 3.05) is 19.7 Å². The SMILES string of the molecule is CC1CN(Cc2cc(F)cc(/C(N)=N/O)c2)CCO1. The summed E-state index contributed by atoms with van der Waals surface area (Å²) < 4.78 is 19.0. The molecule has 0 bridgehead atoms. The van der Waals surface area contributed by atoms with Crippen molar-refractivity contribution in [2.45, 2.75) is 19.6 Å². The fourth-order valence-electron chi connectivity index (χ4n) is 2.24. The third-order valence-corrected chi connectivity index (χ3v) is 3.09. The normalized spacial score (nSPS) is 21.6. The van der Waals surface area contributed by atoms with Gasteiger partial charge in [-0.15, -0.1) is 0 Å². The molecule has 1 heterocycles. The van der Waals surface area contributed by atoms with Crippen LogP contribution in [-0.4, -0.2) is 41.7 Å². The van der Waals surface area contributed by atoms with Gasteiger partial charge in [-0.3, -0.25) is 4.90 Å². The van der Waals surface area contributed by atoms with Gasteiger partial charge in [0, 0.05) is 25.2 Å². The van der Waals surface area contributed by atoms with Gasteiger partial charge in [0.05, 0.1) is 12.7 Å². The smallest absolute Gasteiger partial charge is 0.170 e. The Morgan fingerprint density at radius 3 is 3.05 bits per heavy atom. The maximum absolute atomic E-state index is 13.5. The molecule has 0 aromatic heterocycles. The number of hydrogen-bond acceptors (Lipinski definition) is 4. The first-order valence-electron chi connectivity index (χ1n) is 6.20. The molecule has 1 aromatic carbocycles. The van der Waals surface area contributed by atoms with Gasteiger partial charge in [-0.1, -0.05) is 5.16 Å². The fraction of sp³-hybridized carbons (Fsp3) is 0.462. The lowest BCUT2D eigenvalue weighted by Crippen LogP contribution is -2.40. The molecule has 1 aliphatic heterocycles. The van der Waals surface area contributed by atoms with E-state index in [4.69, 9.17) is 15.7 Å². The third-order valence-electron chi connectivity index (χ3n) is 3.09. The molecule has 5 nitrogen and oxygen atoms in total. The zero-order chi connectivity index (χ0) is 13.8. The number of nitrogens with two attached hydrogens (primary N) is 1. The Morgan fingerprint density at radius 1 is 1.58 bits per heavy atom. The van der Waals surface area contributed by atoms with Crippen molar-refractivity contribution in [3.8, 4) is 0 Å². The van der Waals surface area contributed by atoms with Crippen LogP contribution in [0.25, 0.3) is 0 Å². The van der Waals surface area contributed by atoms with Gasteiger partial charge in [0.15, 0.2) is 5.84 Å². The minimum Gasteiger partial charge on any atom is -0.409 e. The number of oxime groups is 1. The second-order valence-electron chi connectivity index (χ2n) is 4.75. The topological polar surface area (TPSA) is 71.1 Å².